The second kappa shape index (κ2) is 6.51. The fourth-order valence-corrected chi connectivity index (χ4v) is 2.39. The average molecular weight is 232 g/mol. The minimum absolute atomic E-state index is 0. The summed E-state index contributed by atoms with van der Waals surface area (Å²) in [7, 11) is 0. The maximum absolute atomic E-state index is 5.88. The van der Waals surface area contributed by atoms with E-state index in [0.717, 1.165) is 19.1 Å². The second-order valence-corrected chi connectivity index (χ2v) is 4.61. The smallest absolute Gasteiger partial charge is 0.0471 e. The van der Waals surface area contributed by atoms with Crippen LogP contribution >= 0.6 is 12.4 Å². The van der Waals surface area contributed by atoms with Crippen molar-refractivity contribution in [3.05, 3.63) is 11.6 Å². The largest absolute Gasteiger partial charge is 0.381 e. The number of allylic oxidation sites excluding steroid dienone is 2. The van der Waals surface area contributed by atoms with Crippen molar-refractivity contribution >= 4 is 12.4 Å². The van der Waals surface area contributed by atoms with E-state index in [1.54, 1.807) is 5.57 Å². The summed E-state index contributed by atoms with van der Waals surface area (Å²) in [5.74, 6) is 0.785. The van der Waals surface area contributed by atoms with Crippen molar-refractivity contribution < 1.29 is 4.74 Å². The fourth-order valence-electron chi connectivity index (χ4n) is 2.39. The van der Waals surface area contributed by atoms with Gasteiger partial charge in [0.2, 0.25) is 0 Å². The van der Waals surface area contributed by atoms with Crippen molar-refractivity contribution in [2.75, 3.05) is 13.2 Å². The highest BCUT2D eigenvalue weighted by Gasteiger charge is 2.16. The predicted octanol–water partition coefficient (Wildman–Crippen LogP) is 2.66. The lowest BCUT2D eigenvalue weighted by Crippen LogP contribution is -2.23. The number of ether oxygens (including phenoxy) is 1. The first kappa shape index (κ1) is 13.0. The average Bonchev–Trinajstić information content (AvgIpc) is 2.23. The normalized spacial score (nSPS) is 28.3. The molecule has 0 aromatic carbocycles. The van der Waals surface area contributed by atoms with E-state index in [-0.39, 0.29) is 12.4 Å². The van der Waals surface area contributed by atoms with Crippen LogP contribution in [0.25, 0.3) is 0 Å². The molecule has 0 aromatic heterocycles. The van der Waals surface area contributed by atoms with Crippen LogP contribution in [0.5, 0.6) is 0 Å². The van der Waals surface area contributed by atoms with E-state index in [9.17, 15) is 0 Å². The number of halogens is 1. The summed E-state index contributed by atoms with van der Waals surface area (Å²) in [6, 6.07) is 0.460. The SMILES string of the molecule is Cl.NC1CCC(=CC2CCOCC2)CC1. The Kier molecular flexibility index (Phi) is 5.65. The molecule has 2 rings (SSSR count). The molecule has 0 atom stereocenters. The molecule has 0 amide bonds. The Morgan fingerprint density at radius 1 is 1.07 bits per heavy atom. The molecule has 0 bridgehead atoms. The van der Waals surface area contributed by atoms with Crippen LogP contribution in [0.1, 0.15) is 38.5 Å². The minimum Gasteiger partial charge on any atom is -0.381 e. The Morgan fingerprint density at radius 2 is 1.67 bits per heavy atom. The first-order valence-corrected chi connectivity index (χ1v) is 5.87. The molecule has 88 valence electrons. The molecule has 1 saturated carbocycles. The second-order valence-electron chi connectivity index (χ2n) is 4.61. The van der Waals surface area contributed by atoms with Crippen LogP contribution in [0.4, 0.5) is 0 Å². The molecule has 2 nitrogen and oxygen atoms in total. The van der Waals surface area contributed by atoms with Crippen molar-refractivity contribution in [1.29, 1.82) is 0 Å². The molecule has 1 heterocycles. The van der Waals surface area contributed by atoms with Crippen molar-refractivity contribution in [1.82, 2.24) is 0 Å². The summed E-state index contributed by atoms with van der Waals surface area (Å²) >= 11 is 0. The quantitative estimate of drug-likeness (QED) is 0.705. The number of rotatable bonds is 1. The summed E-state index contributed by atoms with van der Waals surface area (Å²) < 4.78 is 5.36. The Balaban J connectivity index is 0.00000112. The van der Waals surface area contributed by atoms with Gasteiger partial charge < -0.3 is 10.5 Å². The van der Waals surface area contributed by atoms with Gasteiger partial charge in [0, 0.05) is 19.3 Å². The van der Waals surface area contributed by atoms with Gasteiger partial charge in [0.1, 0.15) is 0 Å². The first-order valence-electron chi connectivity index (χ1n) is 5.87. The van der Waals surface area contributed by atoms with Gasteiger partial charge in [-0.25, -0.2) is 0 Å². The zero-order valence-electron chi connectivity index (χ0n) is 9.28. The zero-order valence-corrected chi connectivity index (χ0v) is 10.1. The summed E-state index contributed by atoms with van der Waals surface area (Å²) in [5, 5.41) is 0. The molecule has 0 radical (unpaired) electrons. The summed E-state index contributed by atoms with van der Waals surface area (Å²) in [6.07, 6.45) is 9.79. The summed E-state index contributed by atoms with van der Waals surface area (Å²) in [5.41, 5.74) is 7.53. The molecule has 0 spiro atoms. The van der Waals surface area contributed by atoms with Gasteiger partial charge in [0.15, 0.2) is 0 Å². The highest BCUT2D eigenvalue weighted by molar-refractivity contribution is 5.85. The van der Waals surface area contributed by atoms with Gasteiger partial charge in [-0.3, -0.25) is 0 Å². The topological polar surface area (TPSA) is 35.2 Å². The number of hydrogen-bond donors (Lipinski definition) is 1. The summed E-state index contributed by atoms with van der Waals surface area (Å²) in [6.45, 7) is 1.90. The van der Waals surface area contributed by atoms with Crippen LogP contribution in [-0.4, -0.2) is 19.3 Å². The molecule has 1 saturated heterocycles. The number of hydrogen-bond acceptors (Lipinski definition) is 2. The van der Waals surface area contributed by atoms with Crippen LogP contribution in [0, 0.1) is 5.92 Å². The number of nitrogens with two attached hydrogens (primary N) is 1. The molecule has 2 aliphatic rings. The highest BCUT2D eigenvalue weighted by atomic mass is 35.5. The lowest BCUT2D eigenvalue weighted by atomic mass is 9.87. The van der Waals surface area contributed by atoms with Gasteiger partial charge in [0.25, 0.3) is 0 Å². The van der Waals surface area contributed by atoms with Crippen molar-refractivity contribution in [2.45, 2.75) is 44.6 Å². The van der Waals surface area contributed by atoms with Gasteiger partial charge in [-0.05, 0) is 44.4 Å². The van der Waals surface area contributed by atoms with Gasteiger partial charge in [-0.2, -0.15) is 0 Å². The third-order valence-electron chi connectivity index (χ3n) is 3.41. The van der Waals surface area contributed by atoms with Crippen LogP contribution in [0.2, 0.25) is 0 Å². The maximum atomic E-state index is 5.88. The van der Waals surface area contributed by atoms with Crippen LogP contribution in [0.3, 0.4) is 0 Å². The van der Waals surface area contributed by atoms with Crippen LogP contribution < -0.4 is 5.73 Å². The molecule has 2 fully saturated rings. The third kappa shape index (κ3) is 4.13. The Morgan fingerprint density at radius 3 is 2.27 bits per heavy atom. The molecular weight excluding hydrogens is 210 g/mol. The third-order valence-corrected chi connectivity index (χ3v) is 3.41. The van der Waals surface area contributed by atoms with Crippen LogP contribution in [0.15, 0.2) is 11.6 Å². The van der Waals surface area contributed by atoms with E-state index in [4.69, 9.17) is 10.5 Å². The van der Waals surface area contributed by atoms with Crippen molar-refractivity contribution in [3.63, 3.8) is 0 Å². The molecule has 3 heteroatoms. The van der Waals surface area contributed by atoms with E-state index in [1.807, 2.05) is 0 Å². The van der Waals surface area contributed by atoms with Gasteiger partial charge in [-0.15, -0.1) is 12.4 Å². The molecule has 0 aromatic rings. The van der Waals surface area contributed by atoms with Gasteiger partial charge >= 0.3 is 0 Å². The maximum Gasteiger partial charge on any atom is 0.0471 e. The van der Waals surface area contributed by atoms with E-state index in [2.05, 4.69) is 6.08 Å². The molecule has 1 aliphatic carbocycles. The fraction of sp³-hybridized carbons (Fsp3) is 0.833. The molecule has 2 N–H and O–H groups in total. The Labute approximate surface area is 98.7 Å². The molecule has 0 unspecified atom stereocenters. The van der Waals surface area contributed by atoms with Crippen molar-refractivity contribution in [3.8, 4) is 0 Å². The lowest BCUT2D eigenvalue weighted by Gasteiger charge is -2.24. The van der Waals surface area contributed by atoms with Crippen LogP contribution in [-0.2, 0) is 4.74 Å². The molecule has 1 aliphatic heterocycles. The molecule has 15 heavy (non-hydrogen) atoms. The first-order chi connectivity index (χ1) is 6.84. The minimum atomic E-state index is 0. The predicted molar refractivity (Wildman–Crippen MR) is 65.3 cm³/mol. The monoisotopic (exact) mass is 231 g/mol. The van der Waals surface area contributed by atoms with Crippen molar-refractivity contribution in [2.24, 2.45) is 11.7 Å². The van der Waals surface area contributed by atoms with E-state index < -0.39 is 0 Å². The standard InChI is InChI=1S/C12H21NO.ClH/c13-12-3-1-10(2-4-12)9-11-5-7-14-8-6-11;/h9,11-12H,1-8,13H2;1H. The lowest BCUT2D eigenvalue weighted by molar-refractivity contribution is 0.0782. The van der Waals surface area contributed by atoms with Gasteiger partial charge in [-0.1, -0.05) is 11.6 Å². The Bertz CT molecular complexity index is 202. The summed E-state index contributed by atoms with van der Waals surface area (Å²) in [4.78, 5) is 0. The van der Waals surface area contributed by atoms with E-state index >= 15 is 0 Å². The van der Waals surface area contributed by atoms with E-state index in [0.29, 0.717) is 6.04 Å². The van der Waals surface area contributed by atoms with Gasteiger partial charge in [0.05, 0.1) is 0 Å². The highest BCUT2D eigenvalue weighted by Crippen LogP contribution is 2.26. The Hall–Kier alpha value is -0.0500. The van der Waals surface area contributed by atoms with E-state index in [1.165, 1.54) is 38.5 Å². The molecular formula is C12H22ClNO. The zero-order chi connectivity index (χ0) is 9.80.